The fourth-order valence-electron chi connectivity index (χ4n) is 1.44. The van der Waals surface area contributed by atoms with Gasteiger partial charge in [-0.2, -0.15) is 0 Å². The van der Waals surface area contributed by atoms with Crippen LogP contribution < -0.4 is 0 Å². The van der Waals surface area contributed by atoms with E-state index in [0.29, 0.717) is 11.8 Å². The zero-order valence-corrected chi connectivity index (χ0v) is 11.5. The van der Waals surface area contributed by atoms with Crippen LogP contribution in [0.25, 0.3) is 0 Å². The van der Waals surface area contributed by atoms with Gasteiger partial charge in [0.1, 0.15) is 5.75 Å². The van der Waals surface area contributed by atoms with Gasteiger partial charge in [0.05, 0.1) is 5.56 Å². The van der Waals surface area contributed by atoms with E-state index in [4.69, 9.17) is 4.74 Å². The highest BCUT2D eigenvalue weighted by molar-refractivity contribution is 7.99. The first-order valence-corrected chi connectivity index (χ1v) is 7.25. The minimum absolute atomic E-state index is 0.0874. The molecule has 0 bridgehead atoms. The van der Waals surface area contributed by atoms with Crippen molar-refractivity contribution in [3.05, 3.63) is 23.8 Å². The zero-order valence-electron chi connectivity index (χ0n) is 10.7. The molecule has 0 unspecified atom stereocenters. The topological polar surface area (TPSA) is 46.5 Å². The van der Waals surface area contributed by atoms with Crippen molar-refractivity contribution in [2.45, 2.75) is 31.1 Å². The Hall–Kier alpha value is -1.00. The first-order valence-electron chi connectivity index (χ1n) is 6.27. The third kappa shape index (κ3) is 5.10. The summed E-state index contributed by atoms with van der Waals surface area (Å²) in [6, 6.07) is 5.22. The molecule has 0 saturated heterocycles. The lowest BCUT2D eigenvalue weighted by molar-refractivity contribution is 0.112. The highest BCUT2D eigenvalue weighted by Gasteiger charge is 2.06. The van der Waals surface area contributed by atoms with E-state index < -0.39 is 0 Å². The van der Waals surface area contributed by atoms with Crippen molar-refractivity contribution in [1.29, 1.82) is 0 Å². The Kier molecular flexibility index (Phi) is 7.53. The molecule has 0 amide bonds. The lowest BCUT2D eigenvalue weighted by Gasteiger charge is -2.06. The van der Waals surface area contributed by atoms with Crippen LogP contribution >= 0.6 is 11.8 Å². The number of aromatic hydroxyl groups is 1. The molecule has 0 aliphatic rings. The number of thioether (sulfide) groups is 1. The normalized spacial score (nSPS) is 10.5. The Balaban J connectivity index is 2.25. The molecule has 1 N–H and O–H groups in total. The Labute approximate surface area is 113 Å². The number of phenolic OH excluding ortho intramolecular Hbond substituents is 1. The number of unbranched alkanes of at least 4 members (excludes halogenated alkanes) is 1. The molecular weight excluding hydrogens is 248 g/mol. The Bertz CT molecular complexity index is 366. The van der Waals surface area contributed by atoms with Crippen LogP contribution in [0.5, 0.6) is 5.75 Å². The second-order valence-corrected chi connectivity index (χ2v) is 5.12. The summed E-state index contributed by atoms with van der Waals surface area (Å²) in [5, 5.41) is 9.78. The van der Waals surface area contributed by atoms with Gasteiger partial charge in [-0.3, -0.25) is 4.79 Å². The van der Waals surface area contributed by atoms with Crippen molar-refractivity contribution < 1.29 is 14.6 Å². The molecule has 0 heterocycles. The highest BCUT2D eigenvalue weighted by atomic mass is 32.2. The van der Waals surface area contributed by atoms with Crippen molar-refractivity contribution in [1.82, 2.24) is 0 Å². The second kappa shape index (κ2) is 9.00. The van der Waals surface area contributed by atoms with E-state index in [-0.39, 0.29) is 5.75 Å². The number of hydrogen-bond acceptors (Lipinski definition) is 4. The zero-order chi connectivity index (χ0) is 13.2. The number of carbonyl (C=O) groups excluding carboxylic acids is 1. The van der Waals surface area contributed by atoms with E-state index in [9.17, 15) is 9.90 Å². The van der Waals surface area contributed by atoms with Gasteiger partial charge in [0.2, 0.25) is 0 Å². The van der Waals surface area contributed by atoms with Crippen LogP contribution in [0.3, 0.4) is 0 Å². The van der Waals surface area contributed by atoms with Gasteiger partial charge in [-0.05, 0) is 25.0 Å². The van der Waals surface area contributed by atoms with E-state index in [2.05, 4.69) is 6.92 Å². The summed E-state index contributed by atoms with van der Waals surface area (Å²) in [5.41, 5.74) is 0.346. The van der Waals surface area contributed by atoms with Crippen LogP contribution in [0.15, 0.2) is 23.1 Å². The maximum absolute atomic E-state index is 10.7. The van der Waals surface area contributed by atoms with Gasteiger partial charge < -0.3 is 9.84 Å². The van der Waals surface area contributed by atoms with Crippen molar-refractivity contribution in [2.75, 3.05) is 19.0 Å². The number of ether oxygens (including phenoxy) is 1. The average Bonchev–Trinajstić information content (AvgIpc) is 2.39. The maximum Gasteiger partial charge on any atom is 0.153 e. The van der Waals surface area contributed by atoms with E-state index in [0.717, 1.165) is 43.1 Å². The number of para-hydroxylation sites is 1. The molecule has 0 aromatic heterocycles. The summed E-state index contributed by atoms with van der Waals surface area (Å²) in [6.07, 6.45) is 3.88. The highest BCUT2D eigenvalue weighted by Crippen LogP contribution is 2.30. The quantitative estimate of drug-likeness (QED) is 0.423. The smallest absolute Gasteiger partial charge is 0.153 e. The van der Waals surface area contributed by atoms with Crippen molar-refractivity contribution in [2.24, 2.45) is 0 Å². The molecule has 0 fully saturated rings. The largest absolute Gasteiger partial charge is 0.506 e. The first-order chi connectivity index (χ1) is 8.79. The summed E-state index contributed by atoms with van der Waals surface area (Å²) in [6.45, 7) is 3.72. The Morgan fingerprint density at radius 1 is 1.33 bits per heavy atom. The molecule has 0 aliphatic heterocycles. The molecular formula is C14H20O3S. The molecule has 0 aliphatic carbocycles. The van der Waals surface area contributed by atoms with Gasteiger partial charge >= 0.3 is 0 Å². The fraction of sp³-hybridized carbons (Fsp3) is 0.500. The van der Waals surface area contributed by atoms with Gasteiger partial charge in [0.25, 0.3) is 0 Å². The number of phenols is 1. The molecule has 0 saturated carbocycles. The van der Waals surface area contributed by atoms with Crippen LogP contribution in [0.2, 0.25) is 0 Å². The van der Waals surface area contributed by atoms with Crippen molar-refractivity contribution >= 4 is 18.0 Å². The van der Waals surface area contributed by atoms with E-state index in [1.54, 1.807) is 23.9 Å². The molecule has 1 aromatic carbocycles. The number of hydrogen-bond donors (Lipinski definition) is 1. The average molecular weight is 268 g/mol. The predicted molar refractivity (Wildman–Crippen MR) is 74.6 cm³/mol. The van der Waals surface area contributed by atoms with Crippen LogP contribution in [0.1, 0.15) is 36.5 Å². The van der Waals surface area contributed by atoms with Crippen LogP contribution in [-0.2, 0) is 4.74 Å². The minimum atomic E-state index is 0.0874. The fourth-order valence-corrected chi connectivity index (χ4v) is 2.35. The van der Waals surface area contributed by atoms with Gasteiger partial charge in [0.15, 0.2) is 6.29 Å². The predicted octanol–water partition coefficient (Wildman–Crippen LogP) is 3.50. The molecule has 100 valence electrons. The number of benzene rings is 1. The van der Waals surface area contributed by atoms with Gasteiger partial charge in [-0.15, -0.1) is 11.8 Å². The standard InChI is InChI=1S/C14H20O3S/c1-2-3-8-17-9-5-10-18-13-7-4-6-12(11-15)14(13)16/h4,6-7,11,16H,2-3,5,8-10H2,1H3. The van der Waals surface area contributed by atoms with E-state index in [1.165, 1.54) is 0 Å². The number of rotatable bonds is 9. The van der Waals surface area contributed by atoms with Crippen molar-refractivity contribution in [3.8, 4) is 5.75 Å². The SMILES string of the molecule is CCCCOCCCSc1cccc(C=O)c1O. The van der Waals surface area contributed by atoms with Crippen LogP contribution in [0.4, 0.5) is 0 Å². The molecule has 1 rings (SSSR count). The van der Waals surface area contributed by atoms with Gasteiger partial charge in [-0.1, -0.05) is 19.4 Å². The summed E-state index contributed by atoms with van der Waals surface area (Å²) >= 11 is 1.55. The third-order valence-electron chi connectivity index (χ3n) is 2.49. The Morgan fingerprint density at radius 3 is 2.83 bits per heavy atom. The van der Waals surface area contributed by atoms with Crippen molar-refractivity contribution in [3.63, 3.8) is 0 Å². The molecule has 18 heavy (non-hydrogen) atoms. The molecule has 0 atom stereocenters. The molecule has 4 heteroatoms. The van der Waals surface area contributed by atoms with E-state index >= 15 is 0 Å². The van der Waals surface area contributed by atoms with E-state index in [1.807, 2.05) is 6.07 Å². The maximum atomic E-state index is 10.7. The van der Waals surface area contributed by atoms with Gasteiger partial charge in [0, 0.05) is 23.9 Å². The van der Waals surface area contributed by atoms with Crippen LogP contribution in [-0.4, -0.2) is 30.4 Å². The lowest BCUT2D eigenvalue weighted by atomic mass is 10.2. The summed E-state index contributed by atoms with van der Waals surface area (Å²) in [5.74, 6) is 0.964. The summed E-state index contributed by atoms with van der Waals surface area (Å²) in [7, 11) is 0. The number of carbonyl (C=O) groups is 1. The lowest BCUT2D eigenvalue weighted by Crippen LogP contribution is -1.97. The second-order valence-electron chi connectivity index (χ2n) is 3.98. The molecule has 0 spiro atoms. The minimum Gasteiger partial charge on any atom is -0.506 e. The number of aldehydes is 1. The Morgan fingerprint density at radius 2 is 2.11 bits per heavy atom. The third-order valence-corrected chi connectivity index (χ3v) is 3.62. The molecule has 1 aromatic rings. The first kappa shape index (κ1) is 15.1. The summed E-state index contributed by atoms with van der Waals surface area (Å²) in [4.78, 5) is 11.4. The monoisotopic (exact) mass is 268 g/mol. The molecule has 3 nitrogen and oxygen atoms in total. The van der Waals surface area contributed by atoms with Gasteiger partial charge in [-0.25, -0.2) is 0 Å². The summed E-state index contributed by atoms with van der Waals surface area (Å²) < 4.78 is 5.46. The molecule has 0 radical (unpaired) electrons. The van der Waals surface area contributed by atoms with Crippen LogP contribution in [0, 0.1) is 0 Å².